The summed E-state index contributed by atoms with van der Waals surface area (Å²) in [4.78, 5) is 4.28. The van der Waals surface area contributed by atoms with Crippen molar-refractivity contribution in [3.63, 3.8) is 0 Å². The molecule has 20 heavy (non-hydrogen) atoms. The van der Waals surface area contributed by atoms with Gasteiger partial charge in [-0.05, 0) is 25.1 Å². The maximum Gasteiger partial charge on any atom is 0.252 e. The zero-order valence-electron chi connectivity index (χ0n) is 10.8. The maximum absolute atomic E-state index is 5.95. The lowest BCUT2D eigenvalue weighted by molar-refractivity contribution is -0.0841. The minimum Gasteiger partial charge on any atom is -0.363 e. The molecule has 7 heteroatoms. The van der Waals surface area contributed by atoms with Crippen LogP contribution in [-0.2, 0) is 11.3 Å². The molecule has 1 saturated heterocycles. The molecular weight excluding hydrogens is 301 g/mol. The molecule has 0 aliphatic carbocycles. The minimum atomic E-state index is -0.145. The summed E-state index contributed by atoms with van der Waals surface area (Å²) in [6.07, 6.45) is 0. The Kier molecular flexibility index (Phi) is 3.69. The van der Waals surface area contributed by atoms with Crippen LogP contribution in [-0.4, -0.2) is 28.8 Å². The van der Waals surface area contributed by atoms with E-state index >= 15 is 0 Å². The number of halogens is 2. The molecule has 3 rings (SSSR count). The van der Waals surface area contributed by atoms with Gasteiger partial charge in [-0.3, -0.25) is 0 Å². The number of nitrogens with zero attached hydrogens (tertiary/aromatic N) is 2. The number of ether oxygens (including phenoxy) is 1. The summed E-state index contributed by atoms with van der Waals surface area (Å²) in [5, 5.41) is 8.14. The predicted molar refractivity (Wildman–Crippen MR) is 75.8 cm³/mol. The molecule has 0 saturated carbocycles. The van der Waals surface area contributed by atoms with E-state index in [2.05, 4.69) is 15.5 Å². The Bertz CT molecular complexity index is 606. The van der Waals surface area contributed by atoms with Crippen LogP contribution in [0.15, 0.2) is 22.7 Å². The van der Waals surface area contributed by atoms with Crippen LogP contribution in [0.1, 0.15) is 12.8 Å². The molecule has 0 amide bonds. The quantitative estimate of drug-likeness (QED) is 0.940. The first kappa shape index (κ1) is 13.8. The van der Waals surface area contributed by atoms with Crippen molar-refractivity contribution in [2.24, 2.45) is 0 Å². The molecule has 0 radical (unpaired) electrons. The summed E-state index contributed by atoms with van der Waals surface area (Å²) < 4.78 is 10.9. The monoisotopic (exact) mass is 313 g/mol. The zero-order chi connectivity index (χ0) is 14.2. The Morgan fingerprint density at radius 2 is 2.00 bits per heavy atom. The summed E-state index contributed by atoms with van der Waals surface area (Å²) in [6.45, 7) is 3.99. The Morgan fingerprint density at radius 3 is 2.60 bits per heavy atom. The molecule has 0 bridgehead atoms. The van der Waals surface area contributed by atoms with E-state index in [1.54, 1.807) is 18.2 Å². The van der Waals surface area contributed by atoms with E-state index in [9.17, 15) is 0 Å². The maximum atomic E-state index is 5.95. The molecule has 106 valence electrons. The van der Waals surface area contributed by atoms with Gasteiger partial charge >= 0.3 is 0 Å². The van der Waals surface area contributed by atoms with Crippen molar-refractivity contribution in [1.82, 2.24) is 15.5 Å². The Balaban J connectivity index is 1.72. The van der Waals surface area contributed by atoms with Crippen LogP contribution in [0.25, 0.3) is 11.4 Å². The van der Waals surface area contributed by atoms with Gasteiger partial charge in [0.15, 0.2) is 0 Å². The van der Waals surface area contributed by atoms with Crippen LogP contribution < -0.4 is 5.32 Å². The van der Waals surface area contributed by atoms with Gasteiger partial charge in [-0.25, -0.2) is 0 Å². The highest BCUT2D eigenvalue weighted by atomic mass is 35.5. The van der Waals surface area contributed by atoms with Crippen LogP contribution in [0, 0.1) is 0 Å². The zero-order valence-corrected chi connectivity index (χ0v) is 12.3. The van der Waals surface area contributed by atoms with Gasteiger partial charge in [-0.1, -0.05) is 28.4 Å². The van der Waals surface area contributed by atoms with Crippen molar-refractivity contribution >= 4 is 23.2 Å². The lowest BCUT2D eigenvalue weighted by Crippen LogP contribution is -2.58. The van der Waals surface area contributed by atoms with Crippen LogP contribution >= 0.6 is 23.2 Å². The van der Waals surface area contributed by atoms with Crippen molar-refractivity contribution in [2.45, 2.75) is 19.1 Å². The molecule has 0 spiro atoms. The average Bonchev–Trinajstić information content (AvgIpc) is 2.81. The van der Waals surface area contributed by atoms with Gasteiger partial charge < -0.3 is 14.6 Å². The first-order chi connectivity index (χ1) is 9.54. The molecule has 2 aromatic rings. The molecule has 1 aromatic carbocycles. The van der Waals surface area contributed by atoms with Crippen LogP contribution in [0.5, 0.6) is 0 Å². The topological polar surface area (TPSA) is 60.2 Å². The first-order valence-corrected chi connectivity index (χ1v) is 6.93. The highest BCUT2D eigenvalue weighted by Crippen LogP contribution is 2.25. The van der Waals surface area contributed by atoms with Gasteiger partial charge in [0, 0.05) is 28.7 Å². The van der Waals surface area contributed by atoms with E-state index in [4.69, 9.17) is 32.5 Å². The van der Waals surface area contributed by atoms with Crippen LogP contribution in [0.3, 0.4) is 0 Å². The van der Waals surface area contributed by atoms with Gasteiger partial charge in [0.05, 0.1) is 5.60 Å². The molecule has 1 aliphatic rings. The smallest absolute Gasteiger partial charge is 0.252 e. The first-order valence-electron chi connectivity index (χ1n) is 6.18. The van der Waals surface area contributed by atoms with Gasteiger partial charge in [0.1, 0.15) is 6.61 Å². The second-order valence-electron chi connectivity index (χ2n) is 5.01. The molecule has 1 aliphatic heterocycles. The van der Waals surface area contributed by atoms with Gasteiger partial charge in [0.2, 0.25) is 5.82 Å². The summed E-state index contributed by atoms with van der Waals surface area (Å²) in [7, 11) is 0. The van der Waals surface area contributed by atoms with E-state index in [0.717, 1.165) is 13.1 Å². The third-order valence-electron chi connectivity index (χ3n) is 3.13. The normalized spacial score (nSPS) is 16.9. The SMILES string of the molecule is CC1(OCc2nc(-c3cc(Cl)cc(Cl)c3)no2)CNC1. The summed E-state index contributed by atoms with van der Waals surface area (Å²) in [5.74, 6) is 0.883. The highest BCUT2D eigenvalue weighted by Gasteiger charge is 2.33. The number of rotatable bonds is 4. The third-order valence-corrected chi connectivity index (χ3v) is 3.57. The second-order valence-corrected chi connectivity index (χ2v) is 5.88. The van der Waals surface area contributed by atoms with Crippen LogP contribution in [0.4, 0.5) is 0 Å². The third kappa shape index (κ3) is 2.96. The van der Waals surface area contributed by atoms with Crippen molar-refractivity contribution in [3.05, 3.63) is 34.1 Å². The molecule has 1 fully saturated rings. The predicted octanol–water partition coefficient (Wildman–Crippen LogP) is 2.92. The largest absolute Gasteiger partial charge is 0.363 e. The van der Waals surface area contributed by atoms with Gasteiger partial charge in [-0.2, -0.15) is 4.98 Å². The van der Waals surface area contributed by atoms with Crippen molar-refractivity contribution in [3.8, 4) is 11.4 Å². The summed E-state index contributed by atoms with van der Waals surface area (Å²) in [5.41, 5.74) is 0.572. The number of aromatic nitrogens is 2. The van der Waals surface area contributed by atoms with E-state index in [-0.39, 0.29) is 5.60 Å². The molecule has 5 nitrogen and oxygen atoms in total. The van der Waals surface area contributed by atoms with E-state index in [1.807, 2.05) is 6.92 Å². The highest BCUT2D eigenvalue weighted by molar-refractivity contribution is 6.35. The number of benzene rings is 1. The molecule has 1 aromatic heterocycles. The fourth-order valence-electron chi connectivity index (χ4n) is 1.93. The van der Waals surface area contributed by atoms with Crippen molar-refractivity contribution in [2.75, 3.05) is 13.1 Å². The van der Waals surface area contributed by atoms with Gasteiger partial charge in [-0.15, -0.1) is 0 Å². The second kappa shape index (κ2) is 5.33. The van der Waals surface area contributed by atoms with E-state index in [1.165, 1.54) is 0 Å². The summed E-state index contributed by atoms with van der Waals surface area (Å²) >= 11 is 11.9. The summed E-state index contributed by atoms with van der Waals surface area (Å²) in [6, 6.07) is 5.13. The average molecular weight is 314 g/mol. The van der Waals surface area contributed by atoms with Gasteiger partial charge in [0.25, 0.3) is 5.89 Å². The fraction of sp³-hybridized carbons (Fsp3) is 0.385. The lowest BCUT2D eigenvalue weighted by Gasteiger charge is -2.38. The molecule has 1 N–H and O–H groups in total. The Labute approximate surface area is 126 Å². The molecule has 0 unspecified atom stereocenters. The molecule has 2 heterocycles. The fourth-order valence-corrected chi connectivity index (χ4v) is 2.45. The standard InChI is InChI=1S/C13H13Cl2N3O2/c1-13(6-16-7-13)19-5-11-17-12(18-20-11)8-2-9(14)4-10(15)3-8/h2-4,16H,5-7H2,1H3. The van der Waals surface area contributed by atoms with Crippen molar-refractivity contribution in [1.29, 1.82) is 0 Å². The van der Waals surface area contributed by atoms with Crippen molar-refractivity contribution < 1.29 is 9.26 Å². The number of nitrogens with one attached hydrogen (secondary N) is 1. The molecule has 0 atom stereocenters. The van der Waals surface area contributed by atoms with E-state index < -0.39 is 0 Å². The number of hydrogen-bond donors (Lipinski definition) is 1. The van der Waals surface area contributed by atoms with Crippen LogP contribution in [0.2, 0.25) is 10.0 Å². The Morgan fingerprint density at radius 1 is 1.30 bits per heavy atom. The number of hydrogen-bond acceptors (Lipinski definition) is 5. The lowest BCUT2D eigenvalue weighted by atomic mass is 10.0. The van der Waals surface area contributed by atoms with E-state index in [0.29, 0.717) is 33.9 Å². The molecular formula is C13H13Cl2N3O2. The minimum absolute atomic E-state index is 0.145. The Hall–Kier alpha value is -1.14.